The Morgan fingerprint density at radius 3 is 2.97 bits per heavy atom. The van der Waals surface area contributed by atoms with Crippen LogP contribution >= 0.6 is 23.4 Å². The second kappa shape index (κ2) is 9.02. The number of anilines is 1. The van der Waals surface area contributed by atoms with E-state index < -0.39 is 0 Å². The van der Waals surface area contributed by atoms with Gasteiger partial charge in [0.15, 0.2) is 5.16 Å². The minimum Gasteiger partial charge on any atom is -0.495 e. The molecular weight excluding hydrogens is 420 g/mol. The van der Waals surface area contributed by atoms with Crippen molar-refractivity contribution in [1.29, 1.82) is 0 Å². The zero-order valence-electron chi connectivity index (χ0n) is 16.8. The summed E-state index contributed by atoms with van der Waals surface area (Å²) in [6.45, 7) is 1.54. The fourth-order valence-corrected chi connectivity index (χ4v) is 4.41. The minimum absolute atomic E-state index is 0.0554. The third-order valence-corrected chi connectivity index (χ3v) is 6.08. The predicted octanol–water partition coefficient (Wildman–Crippen LogP) is 4.26. The van der Waals surface area contributed by atoms with Gasteiger partial charge in [-0.2, -0.15) is 0 Å². The van der Waals surface area contributed by atoms with Gasteiger partial charge in [-0.3, -0.25) is 9.36 Å². The van der Waals surface area contributed by atoms with Crippen molar-refractivity contribution >= 4 is 35.0 Å². The topological polar surface area (TPSA) is 59.4 Å². The predicted molar refractivity (Wildman–Crippen MR) is 121 cm³/mol. The monoisotopic (exact) mass is 442 g/mol. The lowest BCUT2D eigenvalue weighted by molar-refractivity contribution is 0.0940. The minimum atomic E-state index is -0.0763. The molecule has 2 heterocycles. The Morgan fingerprint density at radius 2 is 2.17 bits per heavy atom. The van der Waals surface area contributed by atoms with E-state index in [1.165, 1.54) is 0 Å². The van der Waals surface area contributed by atoms with E-state index in [1.54, 1.807) is 25.1 Å². The lowest BCUT2D eigenvalue weighted by atomic mass is 10.1. The first-order valence-corrected chi connectivity index (χ1v) is 11.3. The summed E-state index contributed by atoms with van der Waals surface area (Å²) in [5.41, 5.74) is 2.50. The van der Waals surface area contributed by atoms with Crippen molar-refractivity contribution in [3.05, 3.63) is 65.4 Å². The molecule has 2 aromatic carbocycles. The third-order valence-electron chi connectivity index (χ3n) is 5.18. The maximum Gasteiger partial charge on any atom is 0.251 e. The Morgan fingerprint density at radius 1 is 1.30 bits per heavy atom. The number of imidazole rings is 1. The first-order valence-electron chi connectivity index (χ1n) is 9.66. The number of nitrogens with zero attached hydrogens (tertiary/aromatic N) is 3. The molecule has 6 nitrogen and oxygen atoms in total. The Balaban J connectivity index is 1.45. The highest BCUT2D eigenvalue weighted by Crippen LogP contribution is 2.33. The molecule has 1 N–H and O–H groups in total. The fraction of sp³-hybridized carbons (Fsp3) is 0.273. The molecule has 4 rings (SSSR count). The lowest BCUT2D eigenvalue weighted by Crippen LogP contribution is -2.37. The maximum absolute atomic E-state index is 12.9. The molecule has 1 aliphatic rings. The summed E-state index contributed by atoms with van der Waals surface area (Å²) in [7, 11) is 1.65. The van der Waals surface area contributed by atoms with Gasteiger partial charge in [0.05, 0.1) is 12.8 Å². The number of halogens is 1. The summed E-state index contributed by atoms with van der Waals surface area (Å²) in [4.78, 5) is 19.4. The number of carbonyl (C=O) groups excluding carboxylic acids is 1. The van der Waals surface area contributed by atoms with Gasteiger partial charge < -0.3 is 15.0 Å². The van der Waals surface area contributed by atoms with Crippen molar-refractivity contribution in [3.8, 4) is 11.4 Å². The zero-order chi connectivity index (χ0) is 21.1. The van der Waals surface area contributed by atoms with Crippen LogP contribution in [0.2, 0.25) is 5.02 Å². The molecular formula is C22H23ClN4O2S. The Labute approximate surface area is 185 Å². The summed E-state index contributed by atoms with van der Waals surface area (Å²) in [5.74, 6) is 0.705. The number of methoxy groups -OCH3 is 1. The average molecular weight is 443 g/mol. The number of rotatable bonds is 6. The number of hydrogen-bond acceptors (Lipinski definition) is 5. The molecule has 0 bridgehead atoms. The Kier molecular flexibility index (Phi) is 6.20. The lowest BCUT2D eigenvalue weighted by Gasteiger charge is -2.22. The molecule has 8 heteroatoms. The number of benzene rings is 2. The largest absolute Gasteiger partial charge is 0.495 e. The molecule has 30 heavy (non-hydrogen) atoms. The molecule has 1 aromatic heterocycles. The summed E-state index contributed by atoms with van der Waals surface area (Å²) in [6.07, 6.45) is 6.50. The van der Waals surface area contributed by atoms with Gasteiger partial charge in [0.25, 0.3) is 5.91 Å². The van der Waals surface area contributed by atoms with Crippen molar-refractivity contribution in [2.75, 3.05) is 31.4 Å². The van der Waals surface area contributed by atoms with Gasteiger partial charge in [0, 0.05) is 47.8 Å². The van der Waals surface area contributed by atoms with Crippen LogP contribution in [0, 0.1) is 0 Å². The molecule has 0 spiro atoms. The summed E-state index contributed by atoms with van der Waals surface area (Å²) < 4.78 is 7.45. The fourth-order valence-electron chi connectivity index (χ4n) is 3.71. The summed E-state index contributed by atoms with van der Waals surface area (Å²) in [6, 6.07) is 13.2. The van der Waals surface area contributed by atoms with Crippen molar-refractivity contribution in [1.82, 2.24) is 14.9 Å². The van der Waals surface area contributed by atoms with Gasteiger partial charge >= 0.3 is 0 Å². The molecule has 0 aliphatic carbocycles. The number of nitrogens with one attached hydrogen (secondary N) is 1. The van der Waals surface area contributed by atoms with E-state index >= 15 is 0 Å². The maximum atomic E-state index is 12.9. The van der Waals surface area contributed by atoms with Crippen LogP contribution in [0.5, 0.6) is 5.75 Å². The van der Waals surface area contributed by atoms with E-state index in [1.807, 2.05) is 59.5 Å². The molecule has 3 aromatic rings. The van der Waals surface area contributed by atoms with Crippen LogP contribution in [0.3, 0.4) is 0 Å². The standard InChI is InChI=1S/C22H23ClN4O2S/c1-29-20-7-6-16(23)13-19(20)26-10-8-17(14-26)25-21(28)15-4-3-5-18(12-15)27-11-9-24-22(27)30-2/h3-7,9,11-13,17H,8,10,14H2,1-2H3,(H,25,28)/t17-/m1/s1. The highest BCUT2D eigenvalue weighted by Gasteiger charge is 2.26. The Bertz CT molecular complexity index is 1060. The number of carbonyl (C=O) groups is 1. The first-order chi connectivity index (χ1) is 14.6. The molecule has 0 unspecified atom stereocenters. The van der Waals surface area contributed by atoms with E-state index in [4.69, 9.17) is 16.3 Å². The molecule has 1 atom stereocenters. The first kappa shape index (κ1) is 20.6. The van der Waals surface area contributed by atoms with Gasteiger partial charge in [-0.05, 0) is 49.1 Å². The van der Waals surface area contributed by atoms with Crippen LogP contribution in [0.25, 0.3) is 5.69 Å². The second-order valence-corrected chi connectivity index (χ2v) is 8.27. The van der Waals surface area contributed by atoms with E-state index in [2.05, 4.69) is 15.2 Å². The number of amides is 1. The van der Waals surface area contributed by atoms with Crippen LogP contribution in [-0.2, 0) is 0 Å². The highest BCUT2D eigenvalue weighted by molar-refractivity contribution is 7.98. The molecule has 1 fully saturated rings. The molecule has 1 amide bonds. The summed E-state index contributed by atoms with van der Waals surface area (Å²) >= 11 is 7.74. The zero-order valence-corrected chi connectivity index (χ0v) is 18.4. The molecule has 1 aliphatic heterocycles. The van der Waals surface area contributed by atoms with Gasteiger partial charge in [-0.25, -0.2) is 4.98 Å². The number of aromatic nitrogens is 2. The van der Waals surface area contributed by atoms with Crippen molar-refractivity contribution in [3.63, 3.8) is 0 Å². The highest BCUT2D eigenvalue weighted by atomic mass is 35.5. The van der Waals surface area contributed by atoms with E-state index in [9.17, 15) is 4.79 Å². The van der Waals surface area contributed by atoms with Gasteiger partial charge in [-0.15, -0.1) is 0 Å². The summed E-state index contributed by atoms with van der Waals surface area (Å²) in [5, 5.41) is 4.71. The van der Waals surface area contributed by atoms with Crippen LogP contribution in [0.4, 0.5) is 5.69 Å². The van der Waals surface area contributed by atoms with E-state index in [0.29, 0.717) is 17.1 Å². The quantitative estimate of drug-likeness (QED) is 0.578. The van der Waals surface area contributed by atoms with Crippen LogP contribution in [0.1, 0.15) is 16.8 Å². The average Bonchev–Trinajstić information content (AvgIpc) is 3.43. The molecule has 0 radical (unpaired) electrons. The molecule has 1 saturated heterocycles. The Hall–Kier alpha value is -2.64. The second-order valence-electron chi connectivity index (χ2n) is 7.06. The van der Waals surface area contributed by atoms with Crippen LogP contribution in [-0.4, -0.2) is 48.0 Å². The van der Waals surface area contributed by atoms with E-state index in [-0.39, 0.29) is 11.9 Å². The van der Waals surface area contributed by atoms with Crippen LogP contribution < -0.4 is 15.0 Å². The van der Waals surface area contributed by atoms with Gasteiger partial charge in [-0.1, -0.05) is 29.4 Å². The van der Waals surface area contributed by atoms with Crippen molar-refractivity contribution < 1.29 is 9.53 Å². The number of hydrogen-bond donors (Lipinski definition) is 1. The van der Waals surface area contributed by atoms with Gasteiger partial charge in [0.1, 0.15) is 5.75 Å². The van der Waals surface area contributed by atoms with Crippen molar-refractivity contribution in [2.24, 2.45) is 0 Å². The smallest absolute Gasteiger partial charge is 0.251 e. The normalized spacial score (nSPS) is 16.0. The van der Waals surface area contributed by atoms with Gasteiger partial charge in [0.2, 0.25) is 0 Å². The third kappa shape index (κ3) is 4.27. The number of ether oxygens (including phenoxy) is 1. The van der Waals surface area contributed by atoms with E-state index in [0.717, 1.165) is 35.2 Å². The number of thioether (sulfide) groups is 1. The van der Waals surface area contributed by atoms with Crippen LogP contribution in [0.15, 0.2) is 60.0 Å². The SMILES string of the molecule is COc1ccc(Cl)cc1N1CC[C@@H](NC(=O)c2cccc(-n3ccnc3SC)c2)C1. The molecule has 0 saturated carbocycles. The molecule has 156 valence electrons. The van der Waals surface area contributed by atoms with Crippen molar-refractivity contribution in [2.45, 2.75) is 17.6 Å².